The maximum Gasteiger partial charge on any atom is 0.223 e. The van der Waals surface area contributed by atoms with Crippen LogP contribution in [0.1, 0.15) is 54.5 Å². The molecule has 1 amide bonds. The van der Waals surface area contributed by atoms with Gasteiger partial charge in [0.15, 0.2) is 0 Å². The number of benzene rings is 2. The zero-order chi connectivity index (χ0) is 19.2. The van der Waals surface area contributed by atoms with Crippen LogP contribution in [0.4, 0.5) is 0 Å². The van der Waals surface area contributed by atoms with Crippen LogP contribution in [-0.2, 0) is 11.3 Å². The van der Waals surface area contributed by atoms with Gasteiger partial charge in [-0.1, -0.05) is 61.0 Å². The normalized spacial score (nSPS) is 16.9. The molecule has 0 spiro atoms. The monoisotopic (exact) mass is 364 g/mol. The minimum Gasteiger partial charge on any atom is -0.349 e. The maximum absolute atomic E-state index is 12.8. The lowest BCUT2D eigenvalue weighted by molar-refractivity contribution is -0.127. The Balaban J connectivity index is 1.52. The average Bonchev–Trinajstić information content (AvgIpc) is 2.69. The molecule has 1 fully saturated rings. The highest BCUT2D eigenvalue weighted by Gasteiger charge is 2.26. The molecule has 0 radical (unpaired) electrons. The van der Waals surface area contributed by atoms with E-state index in [1.54, 1.807) is 0 Å². The minimum atomic E-state index is 0.114. The summed E-state index contributed by atoms with van der Waals surface area (Å²) in [6.45, 7) is 9.37. The summed E-state index contributed by atoms with van der Waals surface area (Å²) in [6.07, 6.45) is 2.81. The molecule has 144 valence electrons. The van der Waals surface area contributed by atoms with Gasteiger partial charge in [-0.2, -0.15) is 0 Å². The molecule has 3 rings (SSSR count). The van der Waals surface area contributed by atoms with Crippen LogP contribution < -0.4 is 5.32 Å². The molecule has 3 heteroatoms. The van der Waals surface area contributed by atoms with Crippen molar-refractivity contribution in [1.29, 1.82) is 0 Å². The van der Waals surface area contributed by atoms with E-state index in [0.717, 1.165) is 38.9 Å². The van der Waals surface area contributed by atoms with Crippen molar-refractivity contribution in [2.45, 2.75) is 52.6 Å². The number of likely N-dealkylation sites (tertiary alicyclic amines) is 1. The van der Waals surface area contributed by atoms with Crippen LogP contribution >= 0.6 is 0 Å². The number of rotatable bonds is 6. The Morgan fingerprint density at radius 3 is 2.37 bits per heavy atom. The first-order chi connectivity index (χ1) is 13.1. The van der Waals surface area contributed by atoms with Gasteiger partial charge in [-0.15, -0.1) is 0 Å². The van der Waals surface area contributed by atoms with Crippen LogP contribution in [0.5, 0.6) is 0 Å². The number of hydrogen-bond acceptors (Lipinski definition) is 2. The van der Waals surface area contributed by atoms with Gasteiger partial charge in [0.1, 0.15) is 0 Å². The van der Waals surface area contributed by atoms with Crippen LogP contribution in [0.3, 0.4) is 0 Å². The number of amides is 1. The van der Waals surface area contributed by atoms with Gasteiger partial charge in [0, 0.05) is 12.5 Å². The van der Waals surface area contributed by atoms with E-state index in [9.17, 15) is 4.79 Å². The molecule has 2 aromatic rings. The van der Waals surface area contributed by atoms with Gasteiger partial charge >= 0.3 is 0 Å². The zero-order valence-electron chi connectivity index (χ0n) is 16.9. The summed E-state index contributed by atoms with van der Waals surface area (Å²) >= 11 is 0. The SMILES string of the molecule is CCC(NC(=O)C1CCN(Cc2ccccc2C)CC1)c1ccc(C)cc1. The van der Waals surface area contributed by atoms with Crippen molar-refractivity contribution in [3.05, 3.63) is 70.8 Å². The van der Waals surface area contributed by atoms with Crippen molar-refractivity contribution in [2.24, 2.45) is 5.92 Å². The first kappa shape index (κ1) is 19.6. The van der Waals surface area contributed by atoms with E-state index in [1.165, 1.54) is 22.3 Å². The lowest BCUT2D eigenvalue weighted by atomic mass is 9.94. The van der Waals surface area contributed by atoms with Crippen molar-refractivity contribution in [2.75, 3.05) is 13.1 Å². The Hall–Kier alpha value is -2.13. The largest absolute Gasteiger partial charge is 0.349 e. The molecule has 1 atom stereocenters. The van der Waals surface area contributed by atoms with Gasteiger partial charge in [0.25, 0.3) is 0 Å². The third-order valence-electron chi connectivity index (χ3n) is 5.82. The Bertz CT molecular complexity index is 745. The molecule has 27 heavy (non-hydrogen) atoms. The highest BCUT2D eigenvalue weighted by Crippen LogP contribution is 2.23. The quantitative estimate of drug-likeness (QED) is 0.800. The van der Waals surface area contributed by atoms with Gasteiger partial charge in [-0.3, -0.25) is 9.69 Å². The van der Waals surface area contributed by atoms with Crippen LogP contribution in [0.15, 0.2) is 48.5 Å². The average molecular weight is 365 g/mol. The van der Waals surface area contributed by atoms with Crippen LogP contribution in [0, 0.1) is 19.8 Å². The fourth-order valence-corrected chi connectivity index (χ4v) is 3.89. The molecule has 0 aliphatic carbocycles. The third kappa shape index (κ3) is 5.20. The molecule has 0 aromatic heterocycles. The number of nitrogens with one attached hydrogen (secondary N) is 1. The highest BCUT2D eigenvalue weighted by molar-refractivity contribution is 5.79. The third-order valence-corrected chi connectivity index (χ3v) is 5.82. The summed E-state index contributed by atoms with van der Waals surface area (Å²) < 4.78 is 0. The van der Waals surface area contributed by atoms with Crippen LogP contribution in [-0.4, -0.2) is 23.9 Å². The van der Waals surface area contributed by atoms with Crippen molar-refractivity contribution >= 4 is 5.91 Å². The summed E-state index contributed by atoms with van der Waals surface area (Å²) in [5.74, 6) is 0.357. The van der Waals surface area contributed by atoms with Crippen LogP contribution in [0.2, 0.25) is 0 Å². The lowest BCUT2D eigenvalue weighted by Gasteiger charge is -2.32. The standard InChI is InChI=1S/C24H32N2O/c1-4-23(20-11-9-18(2)10-12-20)25-24(27)21-13-15-26(16-14-21)17-22-8-6-5-7-19(22)3/h5-12,21,23H,4,13-17H2,1-3H3,(H,25,27). The van der Waals surface area contributed by atoms with E-state index in [2.05, 4.69) is 79.5 Å². The number of nitrogens with zero attached hydrogens (tertiary/aromatic N) is 1. The molecular weight excluding hydrogens is 332 g/mol. The van der Waals surface area contributed by atoms with Crippen molar-refractivity contribution < 1.29 is 4.79 Å². The Kier molecular flexibility index (Phi) is 6.68. The van der Waals surface area contributed by atoms with E-state index in [0.29, 0.717) is 0 Å². The first-order valence-electron chi connectivity index (χ1n) is 10.2. The number of hydrogen-bond donors (Lipinski definition) is 1. The second kappa shape index (κ2) is 9.18. The second-order valence-corrected chi connectivity index (χ2v) is 7.86. The summed E-state index contributed by atoms with van der Waals surface area (Å²) in [4.78, 5) is 15.3. The van der Waals surface area contributed by atoms with Gasteiger partial charge in [-0.05, 0) is 62.9 Å². The van der Waals surface area contributed by atoms with E-state index in [-0.39, 0.29) is 17.9 Å². The summed E-state index contributed by atoms with van der Waals surface area (Å²) in [5.41, 5.74) is 5.20. The van der Waals surface area contributed by atoms with Gasteiger partial charge in [0.05, 0.1) is 6.04 Å². The van der Waals surface area contributed by atoms with Gasteiger partial charge < -0.3 is 5.32 Å². The Morgan fingerprint density at radius 1 is 1.07 bits per heavy atom. The highest BCUT2D eigenvalue weighted by atomic mass is 16.1. The van der Waals surface area contributed by atoms with Gasteiger partial charge in [0.2, 0.25) is 5.91 Å². The van der Waals surface area contributed by atoms with E-state index in [4.69, 9.17) is 0 Å². The van der Waals surface area contributed by atoms with E-state index in [1.807, 2.05) is 0 Å². The Morgan fingerprint density at radius 2 is 1.74 bits per heavy atom. The molecule has 1 aliphatic heterocycles. The van der Waals surface area contributed by atoms with E-state index < -0.39 is 0 Å². The molecule has 3 nitrogen and oxygen atoms in total. The van der Waals surface area contributed by atoms with E-state index >= 15 is 0 Å². The van der Waals surface area contributed by atoms with Crippen LogP contribution in [0.25, 0.3) is 0 Å². The Labute approximate surface area is 163 Å². The van der Waals surface area contributed by atoms with Crippen molar-refractivity contribution in [3.8, 4) is 0 Å². The summed E-state index contributed by atoms with van der Waals surface area (Å²) in [5, 5.41) is 3.29. The molecule has 1 N–H and O–H groups in total. The first-order valence-corrected chi connectivity index (χ1v) is 10.2. The lowest BCUT2D eigenvalue weighted by Crippen LogP contribution is -2.41. The maximum atomic E-state index is 12.8. The molecule has 2 aromatic carbocycles. The number of carbonyl (C=O) groups excluding carboxylic acids is 1. The van der Waals surface area contributed by atoms with Crippen molar-refractivity contribution in [1.82, 2.24) is 10.2 Å². The molecule has 0 saturated carbocycles. The predicted octanol–water partition coefficient (Wildman–Crippen LogP) is 4.78. The fourth-order valence-electron chi connectivity index (χ4n) is 3.89. The molecule has 0 bridgehead atoms. The van der Waals surface area contributed by atoms with Gasteiger partial charge in [-0.25, -0.2) is 0 Å². The molecular formula is C24H32N2O. The molecule has 1 saturated heterocycles. The molecule has 1 aliphatic rings. The minimum absolute atomic E-state index is 0.114. The summed E-state index contributed by atoms with van der Waals surface area (Å²) in [7, 11) is 0. The predicted molar refractivity (Wildman–Crippen MR) is 112 cm³/mol. The second-order valence-electron chi connectivity index (χ2n) is 7.86. The van der Waals surface area contributed by atoms with Crippen molar-refractivity contribution in [3.63, 3.8) is 0 Å². The topological polar surface area (TPSA) is 32.3 Å². The molecule has 1 unspecified atom stereocenters. The summed E-state index contributed by atoms with van der Waals surface area (Å²) in [6, 6.07) is 17.2. The fraction of sp³-hybridized carbons (Fsp3) is 0.458. The number of piperidine rings is 1. The zero-order valence-corrected chi connectivity index (χ0v) is 16.9. The number of aryl methyl sites for hydroxylation is 2. The number of carbonyl (C=O) groups is 1. The smallest absolute Gasteiger partial charge is 0.223 e. The molecule has 1 heterocycles.